The Hall–Kier alpha value is -1.38. The largest absolute Gasteiger partial charge is 0.481 e. The van der Waals surface area contributed by atoms with Crippen LogP contribution in [0.15, 0.2) is 24.4 Å². The Morgan fingerprint density at radius 1 is 1.46 bits per heavy atom. The minimum absolute atomic E-state index is 0.0429. The van der Waals surface area contributed by atoms with E-state index in [9.17, 15) is 4.79 Å². The lowest BCUT2D eigenvalue weighted by Gasteiger charge is -2.14. The van der Waals surface area contributed by atoms with E-state index in [0.717, 1.165) is 5.69 Å². The summed E-state index contributed by atoms with van der Waals surface area (Å²) in [5.74, 6) is -1.22. The van der Waals surface area contributed by atoms with Crippen LogP contribution in [0.25, 0.3) is 0 Å². The van der Waals surface area contributed by atoms with Crippen molar-refractivity contribution in [3.05, 3.63) is 30.1 Å². The van der Waals surface area contributed by atoms with E-state index in [1.54, 1.807) is 13.1 Å². The van der Waals surface area contributed by atoms with Gasteiger partial charge in [-0.1, -0.05) is 19.9 Å². The zero-order valence-corrected chi connectivity index (χ0v) is 7.77. The Kier molecular flexibility index (Phi) is 3.01. The molecular weight excluding hydrogens is 166 g/mol. The summed E-state index contributed by atoms with van der Waals surface area (Å²) in [5.41, 5.74) is 0.831. The highest BCUT2D eigenvalue weighted by Crippen LogP contribution is 2.21. The summed E-state index contributed by atoms with van der Waals surface area (Å²) >= 11 is 0. The second kappa shape index (κ2) is 4.03. The molecular formula is C10H13NO2. The first-order valence-corrected chi connectivity index (χ1v) is 4.26. The maximum atomic E-state index is 10.7. The zero-order chi connectivity index (χ0) is 9.84. The lowest BCUT2D eigenvalue weighted by Crippen LogP contribution is -2.17. The molecule has 70 valence electrons. The van der Waals surface area contributed by atoms with Crippen molar-refractivity contribution in [3.8, 4) is 0 Å². The molecule has 0 amide bonds. The molecule has 3 nitrogen and oxygen atoms in total. The van der Waals surface area contributed by atoms with E-state index < -0.39 is 11.9 Å². The summed E-state index contributed by atoms with van der Waals surface area (Å²) in [6, 6.07) is 5.54. The molecule has 0 saturated heterocycles. The summed E-state index contributed by atoms with van der Waals surface area (Å²) in [7, 11) is 0. The Bertz CT molecular complexity index is 284. The van der Waals surface area contributed by atoms with Crippen molar-refractivity contribution >= 4 is 5.97 Å². The molecule has 1 heterocycles. The van der Waals surface area contributed by atoms with Crippen LogP contribution in [0.3, 0.4) is 0 Å². The molecule has 1 N–H and O–H groups in total. The van der Waals surface area contributed by atoms with Gasteiger partial charge in [-0.05, 0) is 12.1 Å². The quantitative estimate of drug-likeness (QED) is 0.771. The number of carboxylic acids is 1. The van der Waals surface area contributed by atoms with Gasteiger partial charge < -0.3 is 5.11 Å². The van der Waals surface area contributed by atoms with Gasteiger partial charge >= 0.3 is 5.97 Å². The Morgan fingerprint density at radius 2 is 2.15 bits per heavy atom. The van der Waals surface area contributed by atoms with Crippen molar-refractivity contribution in [3.63, 3.8) is 0 Å². The number of nitrogens with zero attached hydrogens (tertiary/aromatic N) is 1. The molecule has 0 aromatic carbocycles. The normalized spacial score (nSPS) is 14.9. The Morgan fingerprint density at radius 3 is 2.62 bits per heavy atom. The standard InChI is InChI=1S/C10H13NO2/c1-7(8(2)10(12)13)9-5-3-4-6-11-9/h3-8H,1-2H3,(H,12,13). The molecule has 0 spiro atoms. The molecule has 0 radical (unpaired) electrons. The molecule has 1 aromatic heterocycles. The summed E-state index contributed by atoms with van der Waals surface area (Å²) in [6.07, 6.45) is 1.68. The van der Waals surface area contributed by atoms with Crippen molar-refractivity contribution in [2.45, 2.75) is 19.8 Å². The predicted molar refractivity (Wildman–Crippen MR) is 49.5 cm³/mol. The van der Waals surface area contributed by atoms with Gasteiger partial charge in [0.1, 0.15) is 0 Å². The van der Waals surface area contributed by atoms with E-state index in [0.29, 0.717) is 0 Å². The van der Waals surface area contributed by atoms with Crippen molar-refractivity contribution in [1.29, 1.82) is 0 Å². The predicted octanol–water partition coefficient (Wildman–Crippen LogP) is 1.91. The van der Waals surface area contributed by atoms with Crippen LogP contribution < -0.4 is 0 Å². The topological polar surface area (TPSA) is 50.2 Å². The maximum absolute atomic E-state index is 10.7. The van der Waals surface area contributed by atoms with Crippen LogP contribution in [-0.2, 0) is 4.79 Å². The summed E-state index contributed by atoms with van der Waals surface area (Å²) in [5, 5.41) is 8.79. The third-order valence-corrected chi connectivity index (χ3v) is 2.29. The highest BCUT2D eigenvalue weighted by molar-refractivity contribution is 5.70. The fourth-order valence-corrected chi connectivity index (χ4v) is 1.12. The van der Waals surface area contributed by atoms with E-state index in [2.05, 4.69) is 4.98 Å². The second-order valence-electron chi connectivity index (χ2n) is 3.17. The van der Waals surface area contributed by atoms with Crippen LogP contribution in [0.5, 0.6) is 0 Å². The number of pyridine rings is 1. The Balaban J connectivity index is 2.79. The number of carboxylic acid groups (broad SMARTS) is 1. The number of hydrogen-bond acceptors (Lipinski definition) is 2. The minimum Gasteiger partial charge on any atom is -0.481 e. The third-order valence-electron chi connectivity index (χ3n) is 2.29. The molecule has 0 aliphatic rings. The second-order valence-corrected chi connectivity index (χ2v) is 3.17. The van der Waals surface area contributed by atoms with E-state index >= 15 is 0 Å². The van der Waals surface area contributed by atoms with Crippen LogP contribution in [0.1, 0.15) is 25.5 Å². The van der Waals surface area contributed by atoms with E-state index in [1.165, 1.54) is 0 Å². The first kappa shape index (κ1) is 9.71. The lowest BCUT2D eigenvalue weighted by atomic mass is 9.93. The van der Waals surface area contributed by atoms with Crippen LogP contribution in [0.4, 0.5) is 0 Å². The molecule has 3 heteroatoms. The average Bonchev–Trinajstić information content (AvgIpc) is 2.17. The van der Waals surface area contributed by atoms with Crippen LogP contribution in [0, 0.1) is 5.92 Å². The molecule has 2 atom stereocenters. The fraction of sp³-hybridized carbons (Fsp3) is 0.400. The van der Waals surface area contributed by atoms with Gasteiger partial charge in [-0.25, -0.2) is 0 Å². The van der Waals surface area contributed by atoms with Crippen LogP contribution >= 0.6 is 0 Å². The smallest absolute Gasteiger partial charge is 0.306 e. The molecule has 13 heavy (non-hydrogen) atoms. The Labute approximate surface area is 77.4 Å². The van der Waals surface area contributed by atoms with Crippen molar-refractivity contribution < 1.29 is 9.90 Å². The van der Waals surface area contributed by atoms with Gasteiger partial charge in [-0.15, -0.1) is 0 Å². The molecule has 1 rings (SSSR count). The van der Waals surface area contributed by atoms with Crippen LogP contribution in [0.2, 0.25) is 0 Å². The molecule has 1 aromatic rings. The maximum Gasteiger partial charge on any atom is 0.306 e. The van der Waals surface area contributed by atoms with Gasteiger partial charge in [0.05, 0.1) is 5.92 Å². The van der Waals surface area contributed by atoms with Gasteiger partial charge in [-0.3, -0.25) is 9.78 Å². The van der Waals surface area contributed by atoms with Gasteiger partial charge in [0.2, 0.25) is 0 Å². The van der Waals surface area contributed by atoms with E-state index in [1.807, 2.05) is 25.1 Å². The number of aliphatic carboxylic acids is 1. The highest BCUT2D eigenvalue weighted by Gasteiger charge is 2.21. The minimum atomic E-state index is -0.779. The van der Waals surface area contributed by atoms with Crippen molar-refractivity contribution in [2.75, 3.05) is 0 Å². The van der Waals surface area contributed by atoms with Gasteiger partial charge in [0.25, 0.3) is 0 Å². The van der Waals surface area contributed by atoms with Gasteiger partial charge in [0, 0.05) is 17.8 Å². The van der Waals surface area contributed by atoms with Gasteiger partial charge in [-0.2, -0.15) is 0 Å². The number of rotatable bonds is 3. The number of hydrogen-bond donors (Lipinski definition) is 1. The fourth-order valence-electron chi connectivity index (χ4n) is 1.12. The van der Waals surface area contributed by atoms with E-state index in [4.69, 9.17) is 5.11 Å². The zero-order valence-electron chi connectivity index (χ0n) is 7.77. The summed E-state index contributed by atoms with van der Waals surface area (Å²) < 4.78 is 0. The van der Waals surface area contributed by atoms with E-state index in [-0.39, 0.29) is 5.92 Å². The molecule has 0 aliphatic heterocycles. The summed E-state index contributed by atoms with van der Waals surface area (Å²) in [6.45, 7) is 3.57. The molecule has 0 fully saturated rings. The SMILES string of the molecule is CC(C(=O)O)C(C)c1ccccn1. The third kappa shape index (κ3) is 2.28. The average molecular weight is 179 g/mol. The van der Waals surface area contributed by atoms with Crippen molar-refractivity contribution in [2.24, 2.45) is 5.92 Å². The lowest BCUT2D eigenvalue weighted by molar-refractivity contribution is -0.141. The summed E-state index contributed by atoms with van der Waals surface area (Å²) in [4.78, 5) is 14.8. The molecule has 0 saturated carbocycles. The highest BCUT2D eigenvalue weighted by atomic mass is 16.4. The van der Waals surface area contributed by atoms with Gasteiger partial charge in [0.15, 0.2) is 0 Å². The molecule has 0 bridgehead atoms. The number of aromatic nitrogens is 1. The first-order valence-electron chi connectivity index (χ1n) is 4.26. The van der Waals surface area contributed by atoms with Crippen LogP contribution in [-0.4, -0.2) is 16.1 Å². The monoisotopic (exact) mass is 179 g/mol. The molecule has 0 aliphatic carbocycles. The molecule has 2 unspecified atom stereocenters. The first-order chi connectivity index (χ1) is 6.13. The number of carbonyl (C=O) groups is 1. The van der Waals surface area contributed by atoms with Crippen molar-refractivity contribution in [1.82, 2.24) is 4.98 Å².